The molecule has 5 heteroatoms. The number of imidazole rings is 1. The number of nitriles is 1. The monoisotopic (exact) mass is 216 g/mol. The number of fused-ring (bicyclic) bond motifs is 1. The number of hydrogen-bond acceptors (Lipinski definition) is 4. The van der Waals surface area contributed by atoms with E-state index in [0.717, 1.165) is 5.52 Å². The minimum Gasteiger partial charge on any atom is -0.383 e. The van der Waals surface area contributed by atoms with Crippen LogP contribution in [0.25, 0.3) is 11.0 Å². The van der Waals surface area contributed by atoms with Crippen LogP contribution < -0.4 is 5.32 Å². The molecule has 0 saturated heterocycles. The number of para-hydroxylation sites is 1. The number of H-pyrrole nitrogens is 1. The highest BCUT2D eigenvalue weighted by molar-refractivity contribution is 5.83. The zero-order valence-electron chi connectivity index (χ0n) is 8.95. The SMILES string of the molecule is COCCNc1nc2c(C#N)cccc2[nH]1. The van der Waals surface area contributed by atoms with Crippen LogP contribution in [-0.4, -0.2) is 30.2 Å². The van der Waals surface area contributed by atoms with Crippen LogP contribution in [0.3, 0.4) is 0 Å². The smallest absolute Gasteiger partial charge is 0.201 e. The van der Waals surface area contributed by atoms with Crippen molar-refractivity contribution in [3.05, 3.63) is 23.8 Å². The fraction of sp³-hybridized carbons (Fsp3) is 0.273. The van der Waals surface area contributed by atoms with Crippen molar-refractivity contribution < 1.29 is 4.74 Å². The maximum absolute atomic E-state index is 8.91. The third kappa shape index (κ3) is 1.97. The Hall–Kier alpha value is -2.06. The summed E-state index contributed by atoms with van der Waals surface area (Å²) in [5.41, 5.74) is 2.14. The number of benzene rings is 1. The Kier molecular flexibility index (Phi) is 3.03. The number of nitrogens with zero attached hydrogens (tertiary/aromatic N) is 2. The number of aromatic amines is 1. The van der Waals surface area contributed by atoms with Crippen molar-refractivity contribution in [1.29, 1.82) is 5.26 Å². The van der Waals surface area contributed by atoms with E-state index < -0.39 is 0 Å². The molecule has 0 amide bonds. The predicted octanol–water partition coefficient (Wildman–Crippen LogP) is 1.49. The van der Waals surface area contributed by atoms with Gasteiger partial charge >= 0.3 is 0 Å². The Morgan fingerprint density at radius 1 is 1.56 bits per heavy atom. The van der Waals surface area contributed by atoms with Gasteiger partial charge in [0.25, 0.3) is 0 Å². The molecule has 16 heavy (non-hydrogen) atoms. The summed E-state index contributed by atoms with van der Waals surface area (Å²) in [4.78, 5) is 7.41. The first-order chi connectivity index (χ1) is 7.85. The summed E-state index contributed by atoms with van der Waals surface area (Å²) in [6, 6.07) is 7.59. The van der Waals surface area contributed by atoms with Crippen LogP contribution in [0, 0.1) is 11.3 Å². The van der Waals surface area contributed by atoms with Gasteiger partial charge in [0.2, 0.25) is 5.95 Å². The summed E-state index contributed by atoms with van der Waals surface area (Å²) in [5, 5.41) is 12.0. The highest BCUT2D eigenvalue weighted by Gasteiger charge is 2.05. The van der Waals surface area contributed by atoms with Gasteiger partial charge in [-0.15, -0.1) is 0 Å². The molecule has 0 spiro atoms. The van der Waals surface area contributed by atoms with Crippen molar-refractivity contribution >= 4 is 17.0 Å². The second-order valence-electron chi connectivity index (χ2n) is 3.32. The molecular weight excluding hydrogens is 204 g/mol. The quantitative estimate of drug-likeness (QED) is 0.759. The van der Waals surface area contributed by atoms with Crippen molar-refractivity contribution in [1.82, 2.24) is 9.97 Å². The number of hydrogen-bond donors (Lipinski definition) is 2. The number of aromatic nitrogens is 2. The van der Waals surface area contributed by atoms with Gasteiger partial charge in [0.05, 0.1) is 17.7 Å². The van der Waals surface area contributed by atoms with Gasteiger partial charge in [-0.3, -0.25) is 0 Å². The molecule has 82 valence electrons. The summed E-state index contributed by atoms with van der Waals surface area (Å²) in [7, 11) is 1.65. The molecule has 0 radical (unpaired) electrons. The van der Waals surface area contributed by atoms with E-state index >= 15 is 0 Å². The van der Waals surface area contributed by atoms with E-state index in [4.69, 9.17) is 10.00 Å². The molecule has 1 aromatic carbocycles. The van der Waals surface area contributed by atoms with E-state index in [1.165, 1.54) is 0 Å². The molecule has 0 aliphatic carbocycles. The Labute approximate surface area is 93.1 Å². The van der Waals surface area contributed by atoms with Crippen molar-refractivity contribution in [3.63, 3.8) is 0 Å². The minimum atomic E-state index is 0.577. The molecule has 2 rings (SSSR count). The van der Waals surface area contributed by atoms with Crippen LogP contribution in [0.4, 0.5) is 5.95 Å². The first-order valence-electron chi connectivity index (χ1n) is 4.97. The van der Waals surface area contributed by atoms with Crippen LogP contribution in [0.2, 0.25) is 0 Å². The first kappa shape index (κ1) is 10.5. The van der Waals surface area contributed by atoms with Gasteiger partial charge < -0.3 is 15.0 Å². The summed E-state index contributed by atoms with van der Waals surface area (Å²) in [6.45, 7) is 1.29. The predicted molar refractivity (Wildman–Crippen MR) is 61.2 cm³/mol. The number of nitrogens with one attached hydrogen (secondary N) is 2. The minimum absolute atomic E-state index is 0.577. The van der Waals surface area contributed by atoms with E-state index in [1.807, 2.05) is 12.1 Å². The highest BCUT2D eigenvalue weighted by Crippen LogP contribution is 2.17. The van der Waals surface area contributed by atoms with Crippen molar-refractivity contribution in [2.45, 2.75) is 0 Å². The average molecular weight is 216 g/mol. The zero-order chi connectivity index (χ0) is 11.4. The molecule has 2 N–H and O–H groups in total. The van der Waals surface area contributed by atoms with E-state index in [9.17, 15) is 0 Å². The summed E-state index contributed by atoms with van der Waals surface area (Å²) in [5.74, 6) is 0.662. The Balaban J connectivity index is 2.26. The third-order valence-corrected chi connectivity index (χ3v) is 2.23. The number of rotatable bonds is 4. The van der Waals surface area contributed by atoms with Crippen LogP contribution in [-0.2, 0) is 4.74 Å². The van der Waals surface area contributed by atoms with Gasteiger partial charge in [-0.25, -0.2) is 4.98 Å². The van der Waals surface area contributed by atoms with Crippen molar-refractivity contribution in [2.75, 3.05) is 25.6 Å². The van der Waals surface area contributed by atoms with Gasteiger partial charge in [0, 0.05) is 13.7 Å². The molecule has 0 fully saturated rings. The largest absolute Gasteiger partial charge is 0.383 e. The van der Waals surface area contributed by atoms with E-state index in [0.29, 0.717) is 30.2 Å². The van der Waals surface area contributed by atoms with E-state index in [-0.39, 0.29) is 0 Å². The lowest BCUT2D eigenvalue weighted by Gasteiger charge is -1.99. The molecule has 0 atom stereocenters. The molecule has 1 aromatic heterocycles. The van der Waals surface area contributed by atoms with Crippen molar-refractivity contribution in [2.24, 2.45) is 0 Å². The van der Waals surface area contributed by atoms with Crippen LogP contribution in [0.5, 0.6) is 0 Å². The van der Waals surface area contributed by atoms with Gasteiger partial charge in [-0.1, -0.05) is 6.07 Å². The average Bonchev–Trinajstić information content (AvgIpc) is 2.71. The molecule has 0 aliphatic rings. The van der Waals surface area contributed by atoms with Gasteiger partial charge in [0.1, 0.15) is 11.6 Å². The molecule has 0 saturated carbocycles. The first-order valence-corrected chi connectivity index (χ1v) is 4.97. The lowest BCUT2D eigenvalue weighted by Crippen LogP contribution is -2.08. The van der Waals surface area contributed by atoms with Crippen molar-refractivity contribution in [3.8, 4) is 6.07 Å². The van der Waals surface area contributed by atoms with Crippen LogP contribution >= 0.6 is 0 Å². The number of methoxy groups -OCH3 is 1. The Bertz CT molecular complexity index is 526. The second-order valence-corrected chi connectivity index (χ2v) is 3.32. The maximum Gasteiger partial charge on any atom is 0.201 e. The third-order valence-electron chi connectivity index (χ3n) is 2.23. The van der Waals surface area contributed by atoms with Gasteiger partial charge in [-0.05, 0) is 12.1 Å². The number of ether oxygens (including phenoxy) is 1. The fourth-order valence-electron chi connectivity index (χ4n) is 1.48. The molecular formula is C11H12N4O. The lowest BCUT2D eigenvalue weighted by atomic mass is 10.2. The summed E-state index contributed by atoms with van der Waals surface area (Å²) in [6.07, 6.45) is 0. The van der Waals surface area contributed by atoms with E-state index in [2.05, 4.69) is 21.4 Å². The number of anilines is 1. The summed E-state index contributed by atoms with van der Waals surface area (Å²) < 4.78 is 4.93. The maximum atomic E-state index is 8.91. The normalized spacial score (nSPS) is 10.2. The Morgan fingerprint density at radius 2 is 2.44 bits per heavy atom. The molecule has 2 aromatic rings. The molecule has 5 nitrogen and oxygen atoms in total. The molecule has 0 bridgehead atoms. The van der Waals surface area contributed by atoms with Gasteiger partial charge in [-0.2, -0.15) is 5.26 Å². The van der Waals surface area contributed by atoms with Crippen LogP contribution in [0.1, 0.15) is 5.56 Å². The van der Waals surface area contributed by atoms with Crippen LogP contribution in [0.15, 0.2) is 18.2 Å². The fourth-order valence-corrected chi connectivity index (χ4v) is 1.48. The zero-order valence-corrected chi connectivity index (χ0v) is 8.95. The Morgan fingerprint density at radius 3 is 3.19 bits per heavy atom. The van der Waals surface area contributed by atoms with E-state index in [1.54, 1.807) is 13.2 Å². The standard InChI is InChI=1S/C11H12N4O/c1-16-6-5-13-11-14-9-4-2-3-8(7-12)10(9)15-11/h2-4H,5-6H2,1H3,(H2,13,14,15). The van der Waals surface area contributed by atoms with Gasteiger partial charge in [0.15, 0.2) is 0 Å². The lowest BCUT2D eigenvalue weighted by molar-refractivity contribution is 0.210. The molecule has 0 aliphatic heterocycles. The summed E-state index contributed by atoms with van der Waals surface area (Å²) >= 11 is 0. The molecule has 0 unspecified atom stereocenters. The second kappa shape index (κ2) is 4.64. The highest BCUT2D eigenvalue weighted by atomic mass is 16.5. The topological polar surface area (TPSA) is 73.7 Å². The molecule has 1 heterocycles.